The molecule has 1 heterocycles. The third-order valence-corrected chi connectivity index (χ3v) is 6.54. The molecule has 6 heteroatoms. The van der Waals surface area contributed by atoms with Crippen LogP contribution in [0, 0.1) is 6.92 Å². The van der Waals surface area contributed by atoms with Gasteiger partial charge >= 0.3 is 0 Å². The maximum absolute atomic E-state index is 13.2. The number of hydrogen-bond acceptors (Lipinski definition) is 5. The van der Waals surface area contributed by atoms with E-state index in [0.29, 0.717) is 17.7 Å². The van der Waals surface area contributed by atoms with Gasteiger partial charge < -0.3 is 19.8 Å². The third kappa shape index (κ3) is 4.47. The molecule has 2 aromatic rings. The van der Waals surface area contributed by atoms with E-state index in [-0.39, 0.29) is 23.1 Å². The van der Waals surface area contributed by atoms with E-state index in [4.69, 9.17) is 4.74 Å². The summed E-state index contributed by atoms with van der Waals surface area (Å²) >= 11 is 0. The Labute approximate surface area is 194 Å². The van der Waals surface area contributed by atoms with Crippen LogP contribution in [0.1, 0.15) is 68.2 Å². The molecule has 1 amide bonds. The summed E-state index contributed by atoms with van der Waals surface area (Å²) in [4.78, 5) is 28.1. The molecule has 0 radical (unpaired) electrons. The molecule has 174 valence electrons. The number of aryl methyl sites for hydroxylation is 1. The Balaban J connectivity index is 1.82. The van der Waals surface area contributed by atoms with Crippen LogP contribution < -0.4 is 4.74 Å². The van der Waals surface area contributed by atoms with E-state index in [1.807, 2.05) is 13.8 Å². The zero-order chi connectivity index (χ0) is 23.5. The van der Waals surface area contributed by atoms with Gasteiger partial charge in [-0.15, -0.1) is 0 Å². The molecule has 1 saturated heterocycles. The lowest BCUT2D eigenvalue weighted by atomic mass is 9.90. The number of hydrogen-bond donors (Lipinski definition) is 2. The lowest BCUT2D eigenvalue weighted by Gasteiger charge is -2.35. The van der Waals surface area contributed by atoms with E-state index >= 15 is 0 Å². The van der Waals surface area contributed by atoms with Crippen LogP contribution >= 0.6 is 0 Å². The average Bonchev–Trinajstić information content (AvgIpc) is 3.09. The van der Waals surface area contributed by atoms with Crippen molar-refractivity contribution in [3.63, 3.8) is 0 Å². The van der Waals surface area contributed by atoms with Crippen LogP contribution in [0.4, 0.5) is 0 Å². The number of likely N-dealkylation sites (tertiary alicyclic amines) is 1. The van der Waals surface area contributed by atoms with Gasteiger partial charge in [-0.1, -0.05) is 38.3 Å². The molecule has 2 aliphatic rings. The molecule has 0 aromatic heterocycles. The first-order valence-corrected chi connectivity index (χ1v) is 11.7. The minimum Gasteiger partial charge on any atom is -0.508 e. The van der Waals surface area contributed by atoms with E-state index < -0.39 is 17.7 Å². The van der Waals surface area contributed by atoms with Crippen LogP contribution in [0.25, 0.3) is 5.76 Å². The second kappa shape index (κ2) is 9.69. The van der Waals surface area contributed by atoms with Crippen molar-refractivity contribution in [3.05, 3.63) is 64.7 Å². The molecule has 0 bridgehead atoms. The van der Waals surface area contributed by atoms with Gasteiger partial charge in [-0.25, -0.2) is 0 Å². The number of ketones is 1. The van der Waals surface area contributed by atoms with Crippen LogP contribution in [0.2, 0.25) is 0 Å². The number of carbonyl (C=O) groups excluding carboxylic acids is 2. The van der Waals surface area contributed by atoms with Crippen molar-refractivity contribution in [1.29, 1.82) is 0 Å². The molecule has 4 rings (SSSR count). The second-order valence-corrected chi connectivity index (χ2v) is 8.92. The van der Waals surface area contributed by atoms with Gasteiger partial charge in [0.05, 0.1) is 18.2 Å². The Kier molecular flexibility index (Phi) is 6.72. The van der Waals surface area contributed by atoms with Crippen molar-refractivity contribution >= 4 is 17.4 Å². The number of phenolic OH excluding ortho intramolecular Hbond substituents is 1. The maximum Gasteiger partial charge on any atom is 0.295 e. The summed E-state index contributed by atoms with van der Waals surface area (Å²) in [6, 6.07) is 11.0. The lowest BCUT2D eigenvalue weighted by Crippen LogP contribution is -2.40. The molecule has 1 unspecified atom stereocenters. The van der Waals surface area contributed by atoms with Gasteiger partial charge in [0.15, 0.2) is 0 Å². The predicted octanol–water partition coefficient (Wildman–Crippen LogP) is 5.24. The van der Waals surface area contributed by atoms with Gasteiger partial charge in [-0.2, -0.15) is 0 Å². The molecule has 2 aromatic carbocycles. The van der Waals surface area contributed by atoms with Gasteiger partial charge in [0.25, 0.3) is 11.7 Å². The summed E-state index contributed by atoms with van der Waals surface area (Å²) in [5, 5.41) is 21.4. The molecule has 33 heavy (non-hydrogen) atoms. The lowest BCUT2D eigenvalue weighted by molar-refractivity contribution is -0.141. The quantitative estimate of drug-likeness (QED) is 0.358. The molecule has 2 N–H and O–H groups in total. The van der Waals surface area contributed by atoms with E-state index in [2.05, 4.69) is 0 Å². The second-order valence-electron chi connectivity index (χ2n) is 8.92. The number of rotatable bonds is 6. The molecule has 1 aliphatic heterocycles. The highest BCUT2D eigenvalue weighted by Gasteiger charge is 2.48. The number of amides is 1. The number of carbonyl (C=O) groups is 2. The molecule has 1 saturated carbocycles. The summed E-state index contributed by atoms with van der Waals surface area (Å²) in [6.45, 7) is 4.51. The van der Waals surface area contributed by atoms with E-state index in [1.54, 1.807) is 47.4 Å². The van der Waals surface area contributed by atoms with Crippen LogP contribution in [0.15, 0.2) is 48.0 Å². The topological polar surface area (TPSA) is 87.1 Å². The van der Waals surface area contributed by atoms with Crippen LogP contribution in [0.5, 0.6) is 11.5 Å². The smallest absolute Gasteiger partial charge is 0.295 e. The number of ether oxygens (including phenoxy) is 1. The minimum atomic E-state index is -0.739. The first kappa shape index (κ1) is 22.9. The Bertz CT molecular complexity index is 1080. The van der Waals surface area contributed by atoms with Crippen LogP contribution in [0.3, 0.4) is 0 Å². The molecule has 6 nitrogen and oxygen atoms in total. The highest BCUT2D eigenvalue weighted by molar-refractivity contribution is 6.46. The fourth-order valence-corrected chi connectivity index (χ4v) is 4.93. The van der Waals surface area contributed by atoms with Gasteiger partial charge in [-0.05, 0) is 67.6 Å². The van der Waals surface area contributed by atoms with Crippen molar-refractivity contribution in [2.45, 2.75) is 64.5 Å². The Hall–Kier alpha value is -3.28. The number of benzene rings is 2. The minimum absolute atomic E-state index is 0.0509. The van der Waals surface area contributed by atoms with Crippen molar-refractivity contribution in [2.24, 2.45) is 0 Å². The van der Waals surface area contributed by atoms with Gasteiger partial charge in [-0.3, -0.25) is 9.59 Å². The summed E-state index contributed by atoms with van der Waals surface area (Å²) in [5.41, 5.74) is 1.98. The monoisotopic (exact) mass is 449 g/mol. The standard InChI is InChI=1S/C27H31NO5/c1-3-14-33-22-13-12-19(15-17(22)2)25(30)23-24(18-8-7-11-21(29)16-18)28(27(32)26(23)31)20-9-5-4-6-10-20/h7-8,11-13,15-16,20,24,29-30H,3-6,9-10,14H2,1-2H3/b25-23-. The molecular formula is C27H31NO5. The largest absolute Gasteiger partial charge is 0.508 e. The molecule has 1 atom stereocenters. The van der Waals surface area contributed by atoms with Crippen molar-refractivity contribution in [2.75, 3.05) is 6.61 Å². The number of nitrogens with zero attached hydrogens (tertiary/aromatic N) is 1. The van der Waals surface area contributed by atoms with E-state index in [1.165, 1.54) is 0 Å². The number of aliphatic hydroxyl groups excluding tert-OH is 1. The fraction of sp³-hybridized carbons (Fsp3) is 0.407. The Morgan fingerprint density at radius 2 is 1.85 bits per heavy atom. The number of Topliss-reactive ketones (excluding diaryl/α,β-unsaturated/α-hetero) is 1. The van der Waals surface area contributed by atoms with Crippen LogP contribution in [-0.2, 0) is 9.59 Å². The normalized spacial score (nSPS) is 20.9. The molecule has 0 spiro atoms. The molecule has 2 fully saturated rings. The van der Waals surface area contributed by atoms with Crippen molar-refractivity contribution in [3.8, 4) is 11.5 Å². The Morgan fingerprint density at radius 3 is 2.52 bits per heavy atom. The van der Waals surface area contributed by atoms with E-state index in [0.717, 1.165) is 49.8 Å². The zero-order valence-electron chi connectivity index (χ0n) is 19.2. The molecule has 1 aliphatic carbocycles. The number of aromatic hydroxyl groups is 1. The predicted molar refractivity (Wildman–Crippen MR) is 126 cm³/mol. The van der Waals surface area contributed by atoms with Gasteiger partial charge in [0.2, 0.25) is 0 Å². The highest BCUT2D eigenvalue weighted by atomic mass is 16.5. The van der Waals surface area contributed by atoms with Crippen LogP contribution in [-0.4, -0.2) is 39.5 Å². The Morgan fingerprint density at radius 1 is 1.09 bits per heavy atom. The zero-order valence-corrected chi connectivity index (χ0v) is 19.2. The first-order chi connectivity index (χ1) is 15.9. The van der Waals surface area contributed by atoms with Gasteiger partial charge in [0.1, 0.15) is 17.3 Å². The summed E-state index contributed by atoms with van der Waals surface area (Å²) in [5.74, 6) is -0.701. The number of phenols is 1. The summed E-state index contributed by atoms with van der Waals surface area (Å²) in [7, 11) is 0. The highest BCUT2D eigenvalue weighted by Crippen LogP contribution is 2.43. The fourth-order valence-electron chi connectivity index (χ4n) is 4.93. The van der Waals surface area contributed by atoms with E-state index in [9.17, 15) is 19.8 Å². The van der Waals surface area contributed by atoms with Crippen molar-refractivity contribution < 1.29 is 24.5 Å². The van der Waals surface area contributed by atoms with Gasteiger partial charge in [0, 0.05) is 11.6 Å². The average molecular weight is 450 g/mol. The summed E-state index contributed by atoms with van der Waals surface area (Å²) < 4.78 is 5.73. The van der Waals surface area contributed by atoms with Crippen molar-refractivity contribution in [1.82, 2.24) is 4.90 Å². The summed E-state index contributed by atoms with van der Waals surface area (Å²) in [6.07, 6.45) is 5.65. The molecular weight excluding hydrogens is 418 g/mol. The SMILES string of the molecule is CCCOc1ccc(/C(O)=C2/C(=O)C(=O)N(C3CCCCC3)C2c2cccc(O)c2)cc1C. The number of aliphatic hydroxyl groups is 1. The first-order valence-electron chi connectivity index (χ1n) is 11.7. The third-order valence-electron chi connectivity index (χ3n) is 6.54. The maximum atomic E-state index is 13.2.